The highest BCUT2D eigenvalue weighted by Gasteiger charge is 2.39. The summed E-state index contributed by atoms with van der Waals surface area (Å²) in [5.41, 5.74) is 12.1. The molecule has 0 unspecified atom stereocenters. The van der Waals surface area contributed by atoms with E-state index in [0.717, 1.165) is 69.5 Å². The number of pyridine rings is 2. The minimum Gasteiger partial charge on any atom is -0.472 e. The van der Waals surface area contributed by atoms with Crippen molar-refractivity contribution in [3.05, 3.63) is 144 Å². The third-order valence-electron chi connectivity index (χ3n) is 11.7. The van der Waals surface area contributed by atoms with Gasteiger partial charge in [0.2, 0.25) is 5.90 Å². The number of para-hydroxylation sites is 2. The van der Waals surface area contributed by atoms with Crippen molar-refractivity contribution in [1.82, 2.24) is 14.5 Å². The van der Waals surface area contributed by atoms with E-state index in [1.165, 1.54) is 33.9 Å². The van der Waals surface area contributed by atoms with Crippen LogP contribution in [0.5, 0.6) is 0 Å². The maximum absolute atomic E-state index is 6.57. The van der Waals surface area contributed by atoms with Crippen molar-refractivity contribution in [2.45, 2.75) is 76.9 Å². The summed E-state index contributed by atoms with van der Waals surface area (Å²) in [6.07, 6.45) is 7.30. The molecule has 0 saturated heterocycles. The van der Waals surface area contributed by atoms with Crippen LogP contribution in [0.3, 0.4) is 0 Å². The molecule has 0 N–H and O–H groups in total. The number of aliphatic imine (C=N–C) groups is 1. The lowest BCUT2D eigenvalue weighted by Crippen LogP contribution is -2.30. The van der Waals surface area contributed by atoms with E-state index >= 15 is 0 Å². The van der Waals surface area contributed by atoms with Crippen LogP contribution in [0, 0.1) is 0 Å². The second kappa shape index (κ2) is 11.6. The predicted molar refractivity (Wildman–Crippen MR) is 216 cm³/mol. The number of hydrogen-bond donors (Lipinski definition) is 0. The summed E-state index contributed by atoms with van der Waals surface area (Å²) in [7, 11) is 0. The van der Waals surface area contributed by atoms with E-state index in [9.17, 15) is 0 Å². The van der Waals surface area contributed by atoms with Crippen LogP contribution in [0.25, 0.3) is 38.9 Å². The first-order chi connectivity index (χ1) is 25.6. The smallest absolute Gasteiger partial charge is 0.216 e. The number of hydrogen-bond acceptors (Lipinski definition) is 5. The zero-order valence-electron chi connectivity index (χ0n) is 31.0. The fraction of sp³-hybridized carbons (Fsp3) is 0.255. The first-order valence-corrected chi connectivity index (χ1v) is 18.9. The third-order valence-corrected chi connectivity index (χ3v) is 11.7. The summed E-state index contributed by atoms with van der Waals surface area (Å²) >= 11 is 0. The average Bonchev–Trinajstić information content (AvgIpc) is 3.87. The summed E-state index contributed by atoms with van der Waals surface area (Å²) in [6.45, 7) is 11.5. The maximum atomic E-state index is 6.57. The van der Waals surface area contributed by atoms with Crippen LogP contribution in [0.1, 0.15) is 76.1 Å². The Bertz CT molecular complexity index is 2610. The summed E-state index contributed by atoms with van der Waals surface area (Å²) < 4.78 is 8.92. The topological polar surface area (TPSA) is 55.5 Å². The van der Waals surface area contributed by atoms with Gasteiger partial charge in [-0.3, -0.25) is 9.55 Å². The quantitative estimate of drug-likeness (QED) is 0.184. The van der Waals surface area contributed by atoms with Gasteiger partial charge in [0.15, 0.2) is 0 Å². The van der Waals surface area contributed by atoms with Crippen molar-refractivity contribution >= 4 is 44.8 Å². The zero-order valence-corrected chi connectivity index (χ0v) is 31.0. The van der Waals surface area contributed by atoms with Crippen LogP contribution in [-0.4, -0.2) is 32.6 Å². The lowest BCUT2D eigenvalue weighted by molar-refractivity contribution is 0.211. The van der Waals surface area contributed by atoms with Gasteiger partial charge in [-0.05, 0) is 108 Å². The van der Waals surface area contributed by atoms with Crippen LogP contribution in [0.15, 0.2) is 127 Å². The molecule has 1 aliphatic carbocycles. The van der Waals surface area contributed by atoms with Gasteiger partial charge in [0.05, 0.1) is 34.1 Å². The van der Waals surface area contributed by atoms with Gasteiger partial charge in [0, 0.05) is 45.4 Å². The Morgan fingerprint density at radius 3 is 2.34 bits per heavy atom. The maximum Gasteiger partial charge on any atom is 0.216 e. The summed E-state index contributed by atoms with van der Waals surface area (Å²) in [4.78, 5) is 17.4. The van der Waals surface area contributed by atoms with Gasteiger partial charge in [-0.2, -0.15) is 0 Å². The van der Waals surface area contributed by atoms with Gasteiger partial charge < -0.3 is 9.64 Å². The van der Waals surface area contributed by atoms with Gasteiger partial charge in [0.25, 0.3) is 0 Å². The summed E-state index contributed by atoms with van der Waals surface area (Å²) in [5.74, 6) is 1.66. The van der Waals surface area contributed by atoms with Crippen molar-refractivity contribution in [2.75, 3.05) is 4.90 Å². The van der Waals surface area contributed by atoms with Crippen molar-refractivity contribution in [3.63, 3.8) is 0 Å². The molecule has 0 amide bonds. The predicted octanol–water partition coefficient (Wildman–Crippen LogP) is 11.3. The number of benzene rings is 4. The SMILES string of the molecule is CC(C)(C)c1ccnc(-n2c3ccccc3c3cc4c(cc32)N(c2cc(C3=N[C@@H]5CCC[C@@H]5O3)cc(-c3ccccn3)c2)c2ccccc2C4(C)C)c1. The third kappa shape index (κ3) is 5.02. The Morgan fingerprint density at radius 2 is 1.51 bits per heavy atom. The Kier molecular flexibility index (Phi) is 7.01. The molecule has 0 spiro atoms. The van der Waals surface area contributed by atoms with E-state index in [-0.39, 0.29) is 23.0 Å². The van der Waals surface area contributed by atoms with Crippen LogP contribution < -0.4 is 4.90 Å². The average molecular weight is 694 g/mol. The largest absolute Gasteiger partial charge is 0.472 e. The normalized spacial score (nSPS) is 18.8. The number of aromatic nitrogens is 3. The fourth-order valence-corrected chi connectivity index (χ4v) is 8.90. The van der Waals surface area contributed by atoms with Crippen LogP contribution in [0.2, 0.25) is 0 Å². The number of fused-ring (bicyclic) bond motifs is 6. The molecule has 3 aromatic heterocycles. The summed E-state index contributed by atoms with van der Waals surface area (Å²) in [5, 5.41) is 2.44. The second-order valence-electron chi connectivity index (χ2n) is 16.4. The fourth-order valence-electron chi connectivity index (χ4n) is 8.90. The van der Waals surface area contributed by atoms with E-state index < -0.39 is 0 Å². The molecule has 0 bridgehead atoms. The molecule has 3 aliphatic rings. The monoisotopic (exact) mass is 693 g/mol. The minimum absolute atomic E-state index is 0.0114. The highest BCUT2D eigenvalue weighted by Crippen LogP contribution is 2.54. The molecule has 6 nitrogen and oxygen atoms in total. The van der Waals surface area contributed by atoms with Crippen molar-refractivity contribution in [1.29, 1.82) is 0 Å². The number of anilines is 3. The lowest BCUT2D eigenvalue weighted by atomic mass is 9.73. The molecule has 262 valence electrons. The highest BCUT2D eigenvalue weighted by atomic mass is 16.5. The molecular formula is C47H43N5O. The van der Waals surface area contributed by atoms with E-state index in [1.54, 1.807) is 0 Å². The summed E-state index contributed by atoms with van der Waals surface area (Å²) in [6, 6.07) is 39.9. The van der Waals surface area contributed by atoms with Gasteiger partial charge >= 0.3 is 0 Å². The Hall–Kier alpha value is -5.75. The van der Waals surface area contributed by atoms with Gasteiger partial charge in [-0.15, -0.1) is 0 Å². The molecule has 1 fully saturated rings. The van der Waals surface area contributed by atoms with Crippen molar-refractivity contribution < 1.29 is 4.74 Å². The molecule has 2 atom stereocenters. The van der Waals surface area contributed by atoms with E-state index in [2.05, 4.69) is 147 Å². The minimum atomic E-state index is -0.262. The molecule has 4 aromatic carbocycles. The molecule has 5 heterocycles. The molecule has 0 radical (unpaired) electrons. The first kappa shape index (κ1) is 31.9. The van der Waals surface area contributed by atoms with Gasteiger partial charge in [-0.25, -0.2) is 9.98 Å². The Balaban J connectivity index is 1.26. The first-order valence-electron chi connectivity index (χ1n) is 18.9. The van der Waals surface area contributed by atoms with Gasteiger partial charge in [-0.1, -0.05) is 77.1 Å². The standard InChI is InChI=1S/C47H43N5O/c1-46(2,3)31-20-22-49-44(26-31)52-39-17-8-6-13-33(39)34-27-36-42(28-41(34)52)51(40-18-9-7-14-35(40)47(36,4)5)32-24-29(37-15-10-11-21-48-37)23-30(25-32)45-50-38-16-12-19-43(38)53-45/h6-11,13-15,17-18,20-28,38,43H,12,16,19H2,1-5H3/t38-,43+/m1/s1. The number of rotatable bonds is 4. The molecular weight excluding hydrogens is 651 g/mol. The zero-order chi connectivity index (χ0) is 36.1. The number of nitrogens with zero attached hydrogens (tertiary/aromatic N) is 5. The molecule has 6 heteroatoms. The van der Waals surface area contributed by atoms with Crippen LogP contribution in [-0.2, 0) is 15.6 Å². The van der Waals surface area contributed by atoms with E-state index in [1.807, 2.05) is 18.5 Å². The van der Waals surface area contributed by atoms with Crippen LogP contribution in [0.4, 0.5) is 17.1 Å². The molecule has 10 rings (SSSR count). The van der Waals surface area contributed by atoms with Gasteiger partial charge in [0.1, 0.15) is 11.9 Å². The number of ether oxygens (including phenoxy) is 1. The second-order valence-corrected chi connectivity index (χ2v) is 16.4. The molecule has 2 aliphatic heterocycles. The highest BCUT2D eigenvalue weighted by molar-refractivity contribution is 6.11. The molecule has 53 heavy (non-hydrogen) atoms. The van der Waals surface area contributed by atoms with E-state index in [4.69, 9.17) is 19.7 Å². The van der Waals surface area contributed by atoms with Crippen molar-refractivity contribution in [2.24, 2.45) is 4.99 Å². The molecule has 1 saturated carbocycles. The van der Waals surface area contributed by atoms with Crippen LogP contribution >= 0.6 is 0 Å². The van der Waals surface area contributed by atoms with E-state index in [0.29, 0.717) is 0 Å². The Morgan fingerprint density at radius 1 is 0.698 bits per heavy atom. The Labute approximate surface area is 310 Å². The van der Waals surface area contributed by atoms with Crippen molar-refractivity contribution in [3.8, 4) is 17.1 Å². The molecule has 7 aromatic rings. The lowest BCUT2D eigenvalue weighted by Gasteiger charge is -2.42.